The number of fused-ring (bicyclic) bond motifs is 10. The predicted molar refractivity (Wildman–Crippen MR) is 308 cm³/mol. The fraction of sp³-hybridized carbons (Fsp3) is 0.143. The second kappa shape index (κ2) is 18.6. The van der Waals surface area contributed by atoms with E-state index in [1.54, 1.807) is 0 Å². The van der Waals surface area contributed by atoms with Crippen LogP contribution in [0.2, 0.25) is 0 Å². The summed E-state index contributed by atoms with van der Waals surface area (Å²) < 4.78 is 66.2. The van der Waals surface area contributed by atoms with Crippen LogP contribution < -0.4 is 9.30 Å². The van der Waals surface area contributed by atoms with Crippen molar-refractivity contribution in [1.82, 2.24) is 14.1 Å². The Morgan fingerprint density at radius 2 is 1.14 bits per heavy atom. The molecule has 0 bridgehead atoms. The first-order valence-electron chi connectivity index (χ1n) is 28.5. The van der Waals surface area contributed by atoms with Gasteiger partial charge >= 0.3 is 0 Å². The molecule has 0 atom stereocenters. The molecule has 76 heavy (non-hydrogen) atoms. The summed E-state index contributed by atoms with van der Waals surface area (Å²) in [4.78, 5) is 4.87. The van der Waals surface area contributed by atoms with E-state index in [0.29, 0.717) is 28.4 Å². The summed E-state index contributed by atoms with van der Waals surface area (Å²) in [7, 11) is 0. The fourth-order valence-electron chi connectivity index (χ4n) is 11.0. The molecule has 0 aliphatic carbocycles. The molecular weight excluding hydrogens is 1110 g/mol. The molecule has 0 radical (unpaired) electrons. The Morgan fingerprint density at radius 1 is 0.513 bits per heavy atom. The van der Waals surface area contributed by atoms with Gasteiger partial charge in [0.1, 0.15) is 5.82 Å². The van der Waals surface area contributed by atoms with E-state index in [-0.39, 0.29) is 48.6 Å². The van der Waals surface area contributed by atoms with Gasteiger partial charge in [-0.05, 0) is 138 Å². The molecule has 0 unspecified atom stereocenters. The van der Waals surface area contributed by atoms with Crippen molar-refractivity contribution in [3.8, 4) is 84.3 Å². The Hall–Kier alpha value is -8.11. The summed E-state index contributed by atoms with van der Waals surface area (Å²) in [6.45, 7) is 7.86. The van der Waals surface area contributed by atoms with Crippen molar-refractivity contribution in [2.75, 3.05) is 0 Å². The third kappa shape index (κ3) is 8.20. The van der Waals surface area contributed by atoms with Crippen molar-refractivity contribution in [3.05, 3.63) is 235 Å². The summed E-state index contributed by atoms with van der Waals surface area (Å²) in [6, 6.07) is 69.5. The van der Waals surface area contributed by atoms with Crippen LogP contribution in [-0.4, -0.2) is 14.1 Å². The van der Waals surface area contributed by atoms with Gasteiger partial charge in [0.2, 0.25) is 0 Å². The predicted octanol–water partition coefficient (Wildman–Crippen LogP) is 17.4. The molecule has 6 heteroatoms. The number of imidazole rings is 1. The molecule has 1 aliphatic rings. The van der Waals surface area contributed by atoms with Crippen LogP contribution in [0.25, 0.3) is 106 Å². The quantitative estimate of drug-likeness (QED) is 0.123. The molecule has 0 spiro atoms. The van der Waals surface area contributed by atoms with Crippen molar-refractivity contribution in [3.63, 3.8) is 0 Å². The van der Waals surface area contributed by atoms with Gasteiger partial charge in [-0.25, -0.2) is 4.98 Å². The third-order valence-corrected chi connectivity index (χ3v) is 14.8. The van der Waals surface area contributed by atoms with Crippen LogP contribution in [0.5, 0.6) is 11.5 Å². The van der Waals surface area contributed by atoms with Gasteiger partial charge in [0, 0.05) is 52.5 Å². The van der Waals surface area contributed by atoms with Crippen molar-refractivity contribution < 1.29 is 38.6 Å². The molecule has 13 rings (SSSR count). The fourth-order valence-corrected chi connectivity index (χ4v) is 11.0. The Bertz CT molecular complexity index is 4470. The second-order valence-corrected chi connectivity index (χ2v) is 21.6. The van der Waals surface area contributed by atoms with Gasteiger partial charge < -0.3 is 13.9 Å². The van der Waals surface area contributed by atoms with Crippen LogP contribution in [0.4, 0.5) is 0 Å². The third-order valence-electron chi connectivity index (χ3n) is 14.8. The van der Waals surface area contributed by atoms with E-state index in [2.05, 4.69) is 156 Å². The van der Waals surface area contributed by atoms with E-state index >= 15 is 0 Å². The molecule has 3 aromatic heterocycles. The minimum Gasteiger partial charge on any atom is -0.510 e. The normalized spacial score (nSPS) is 13.6. The minimum absolute atomic E-state index is 0. The average Bonchev–Trinajstić information content (AvgIpc) is 4.23. The molecular formula is C70H56N4OPt-2. The van der Waals surface area contributed by atoms with E-state index in [4.69, 9.17) is 17.9 Å². The smallest absolute Gasteiger partial charge is 0.268 e. The van der Waals surface area contributed by atoms with Crippen LogP contribution in [0.3, 0.4) is 0 Å². The van der Waals surface area contributed by atoms with Gasteiger partial charge in [-0.3, -0.25) is 4.57 Å². The largest absolute Gasteiger partial charge is 0.510 e. The van der Waals surface area contributed by atoms with Gasteiger partial charge in [0.05, 0.1) is 16.7 Å². The van der Waals surface area contributed by atoms with E-state index in [0.717, 1.165) is 83.2 Å². The summed E-state index contributed by atoms with van der Waals surface area (Å²) in [5.41, 5.74) is 14.7. The number of benzene rings is 9. The zero-order valence-electron chi connectivity index (χ0n) is 49.0. The van der Waals surface area contributed by atoms with Crippen LogP contribution in [0.1, 0.15) is 72.0 Å². The average molecular weight is 1170 g/mol. The topological polar surface area (TPSA) is 35.9 Å². The molecule has 4 heterocycles. The van der Waals surface area contributed by atoms with Crippen molar-refractivity contribution >= 4 is 32.8 Å². The molecule has 0 fully saturated rings. The zero-order chi connectivity index (χ0) is 56.3. The molecule has 0 saturated carbocycles. The molecule has 0 N–H and O–H groups in total. The Balaban J connectivity index is 0.00000665. The first-order chi connectivity index (χ1) is 38.7. The number of aryl methyl sites for hydroxylation is 2. The van der Waals surface area contributed by atoms with E-state index < -0.39 is 13.7 Å². The van der Waals surface area contributed by atoms with Crippen molar-refractivity contribution in [2.45, 2.75) is 66.1 Å². The standard InChI is InChI=1S/C70H56N4O.Pt/c1-44-17-13-18-45(2)66(44)60-26-15-24-59-61-39-47(46-29-32-48(33-30-46)69(3,4)5)31-35-55(61)53-21-9-10-22-54(53)58-25-16-28-63-68(58)73(67(59)60)43-72(63)50-19-14-20-51(41-50)75-52-34-36-57-56-23-11-12-27-62(56)74(64(57)42-52)65-40-49(37-38-71-65)70(6,7)8;/h9-40H,1-8H3;/q-2;/i1D3,2D3;. The van der Waals surface area contributed by atoms with Gasteiger partial charge in [0.15, 0.2) is 0 Å². The maximum absolute atomic E-state index is 8.90. The van der Waals surface area contributed by atoms with Crippen LogP contribution >= 0.6 is 0 Å². The Labute approximate surface area is 468 Å². The first-order valence-corrected chi connectivity index (χ1v) is 25.5. The molecule has 1 aliphatic heterocycles. The number of hydrogen-bond acceptors (Lipinski definition) is 2. The Kier molecular flexibility index (Phi) is 10.3. The number of hydrogen-bond donors (Lipinski definition) is 0. The minimum atomic E-state index is -2.67. The number of pyridine rings is 1. The van der Waals surface area contributed by atoms with Crippen LogP contribution in [0.15, 0.2) is 194 Å². The maximum atomic E-state index is 8.90. The van der Waals surface area contributed by atoms with Crippen LogP contribution in [-0.2, 0) is 31.9 Å². The summed E-state index contributed by atoms with van der Waals surface area (Å²) in [5.74, 6) is 1.72. The first kappa shape index (κ1) is 42.2. The van der Waals surface area contributed by atoms with Crippen molar-refractivity contribution in [1.29, 1.82) is 0 Å². The second-order valence-electron chi connectivity index (χ2n) is 21.6. The summed E-state index contributed by atoms with van der Waals surface area (Å²) in [5, 5.41) is 2.09. The molecule has 0 amide bonds. The molecule has 9 aromatic carbocycles. The van der Waals surface area contributed by atoms with E-state index in [9.17, 15) is 0 Å². The summed E-state index contributed by atoms with van der Waals surface area (Å²) >= 11 is 0. The molecule has 5 nitrogen and oxygen atoms in total. The number of para-hydroxylation sites is 3. The number of rotatable bonds is 6. The SMILES string of the molecule is [2H]C([2H])([2H])c1cccc(C([2H])([2H])[2H])c1-c1cccc2c1-[n+]1[c-]n(-c3[c-]c(Oc4[c-]c5c(cc4)c4ccccc4n5-c4cc(C(C)(C)C)ccn4)ccc3)c3cccc(c31)-c1ccccc1-c1ccc(-c3ccc(C(C)(C)C)cc3)cc1-2.[Pt]. The number of aromatic nitrogens is 4. The van der Waals surface area contributed by atoms with Gasteiger partial charge in [-0.15, -0.1) is 29.7 Å². The van der Waals surface area contributed by atoms with E-state index in [1.165, 1.54) is 29.3 Å². The monoisotopic (exact) mass is 1170 g/mol. The van der Waals surface area contributed by atoms with E-state index in [1.807, 2.05) is 94.2 Å². The molecule has 0 saturated heterocycles. The molecule has 374 valence electrons. The maximum Gasteiger partial charge on any atom is 0.268 e. The Morgan fingerprint density at radius 3 is 1.92 bits per heavy atom. The van der Waals surface area contributed by atoms with Gasteiger partial charge in [-0.2, -0.15) is 18.2 Å². The van der Waals surface area contributed by atoms with Crippen LogP contribution in [0, 0.1) is 32.2 Å². The van der Waals surface area contributed by atoms with Gasteiger partial charge in [-0.1, -0.05) is 181 Å². The zero-order valence-corrected chi connectivity index (χ0v) is 45.3. The molecule has 12 aromatic rings. The van der Waals surface area contributed by atoms with Crippen molar-refractivity contribution in [2.24, 2.45) is 0 Å². The number of ether oxygens (including phenoxy) is 1. The summed E-state index contributed by atoms with van der Waals surface area (Å²) in [6.07, 6.45) is 5.64. The number of nitrogens with zero attached hydrogens (tertiary/aromatic N) is 4. The van der Waals surface area contributed by atoms with Gasteiger partial charge in [0.25, 0.3) is 6.33 Å².